The first kappa shape index (κ1) is 13.4. The van der Waals surface area contributed by atoms with Gasteiger partial charge in [-0.1, -0.05) is 25.4 Å². The highest BCUT2D eigenvalue weighted by molar-refractivity contribution is 6.31. The molecule has 98 valence electrons. The number of halogens is 1. The summed E-state index contributed by atoms with van der Waals surface area (Å²) in [6, 6.07) is 5.49. The van der Waals surface area contributed by atoms with Crippen molar-refractivity contribution in [2.24, 2.45) is 5.41 Å². The average molecular weight is 266 g/mol. The molecule has 0 aliphatic carbocycles. The monoisotopic (exact) mass is 265 g/mol. The normalized spacial score (nSPS) is 18.1. The molecule has 1 saturated heterocycles. The van der Waals surface area contributed by atoms with Gasteiger partial charge in [-0.3, -0.25) is 4.79 Å². The van der Waals surface area contributed by atoms with Gasteiger partial charge in [-0.25, -0.2) is 0 Å². The molecule has 1 heterocycles. The van der Waals surface area contributed by atoms with Crippen LogP contribution in [-0.4, -0.2) is 19.4 Å². The first-order chi connectivity index (χ1) is 8.64. The van der Waals surface area contributed by atoms with Crippen molar-refractivity contribution in [2.45, 2.75) is 33.1 Å². The molecular weight excluding hydrogens is 246 g/mol. The summed E-state index contributed by atoms with van der Waals surface area (Å²) in [6.07, 6.45) is 4.50. The molecule has 0 saturated carbocycles. The van der Waals surface area contributed by atoms with E-state index < -0.39 is 0 Å². The molecule has 1 aromatic carbocycles. The van der Waals surface area contributed by atoms with Crippen LogP contribution in [0, 0.1) is 5.41 Å². The standard InChI is InChI=1S/C15H20ClNO/c1-3-15(4-2)7-8-17(11-15)14-9-13(16)6-5-12(14)10-18/h5-6,9-10H,3-4,7-8,11H2,1-2H3. The minimum atomic E-state index is 0.405. The van der Waals surface area contributed by atoms with E-state index >= 15 is 0 Å². The van der Waals surface area contributed by atoms with Crippen LogP contribution in [-0.2, 0) is 0 Å². The van der Waals surface area contributed by atoms with Crippen molar-refractivity contribution in [3.05, 3.63) is 28.8 Å². The van der Waals surface area contributed by atoms with E-state index in [1.165, 1.54) is 19.3 Å². The molecule has 2 nitrogen and oxygen atoms in total. The van der Waals surface area contributed by atoms with E-state index in [0.29, 0.717) is 10.4 Å². The Morgan fingerprint density at radius 3 is 2.67 bits per heavy atom. The number of aldehydes is 1. The van der Waals surface area contributed by atoms with E-state index in [9.17, 15) is 4.79 Å². The smallest absolute Gasteiger partial charge is 0.152 e. The number of hydrogen-bond acceptors (Lipinski definition) is 2. The Kier molecular flexibility index (Phi) is 3.96. The molecule has 0 amide bonds. The number of carbonyl (C=O) groups is 1. The molecule has 2 rings (SSSR count). The molecular formula is C15H20ClNO. The van der Waals surface area contributed by atoms with Crippen LogP contribution in [0.1, 0.15) is 43.5 Å². The predicted molar refractivity (Wildman–Crippen MR) is 76.7 cm³/mol. The summed E-state index contributed by atoms with van der Waals surface area (Å²) in [6.45, 7) is 6.56. The molecule has 0 radical (unpaired) electrons. The van der Waals surface area contributed by atoms with Gasteiger partial charge >= 0.3 is 0 Å². The van der Waals surface area contributed by atoms with Gasteiger partial charge < -0.3 is 4.90 Å². The molecule has 1 aromatic rings. The third kappa shape index (κ3) is 2.39. The number of anilines is 1. The minimum absolute atomic E-state index is 0.405. The number of benzene rings is 1. The van der Waals surface area contributed by atoms with Gasteiger partial charge in [-0.2, -0.15) is 0 Å². The maximum Gasteiger partial charge on any atom is 0.152 e. The maximum atomic E-state index is 11.1. The van der Waals surface area contributed by atoms with Crippen LogP contribution >= 0.6 is 11.6 Å². The molecule has 0 unspecified atom stereocenters. The number of nitrogens with zero attached hydrogens (tertiary/aromatic N) is 1. The first-order valence-electron chi connectivity index (χ1n) is 6.64. The molecule has 0 atom stereocenters. The van der Waals surface area contributed by atoms with Gasteiger partial charge in [0, 0.05) is 29.4 Å². The fourth-order valence-corrected chi connectivity index (χ4v) is 3.02. The number of hydrogen-bond donors (Lipinski definition) is 0. The molecule has 18 heavy (non-hydrogen) atoms. The highest BCUT2D eigenvalue weighted by Gasteiger charge is 2.35. The Balaban J connectivity index is 2.28. The summed E-state index contributed by atoms with van der Waals surface area (Å²) in [5.74, 6) is 0. The molecule has 0 N–H and O–H groups in total. The van der Waals surface area contributed by atoms with E-state index in [4.69, 9.17) is 11.6 Å². The van der Waals surface area contributed by atoms with Gasteiger partial charge in [0.2, 0.25) is 0 Å². The topological polar surface area (TPSA) is 20.3 Å². The van der Waals surface area contributed by atoms with Crippen molar-refractivity contribution in [3.8, 4) is 0 Å². The Morgan fingerprint density at radius 2 is 2.11 bits per heavy atom. The third-order valence-corrected chi connectivity index (χ3v) is 4.63. The van der Waals surface area contributed by atoms with Crippen molar-refractivity contribution >= 4 is 23.6 Å². The highest BCUT2D eigenvalue weighted by atomic mass is 35.5. The number of carbonyl (C=O) groups excluding carboxylic acids is 1. The van der Waals surface area contributed by atoms with E-state index in [-0.39, 0.29) is 0 Å². The Labute approximate surface area is 114 Å². The van der Waals surface area contributed by atoms with Crippen molar-refractivity contribution in [1.29, 1.82) is 0 Å². The second-order valence-corrected chi connectivity index (χ2v) is 5.64. The Bertz CT molecular complexity index is 440. The summed E-state index contributed by atoms with van der Waals surface area (Å²) in [5.41, 5.74) is 2.13. The highest BCUT2D eigenvalue weighted by Crippen LogP contribution is 2.40. The van der Waals surface area contributed by atoms with Crippen molar-refractivity contribution in [3.63, 3.8) is 0 Å². The molecule has 0 spiro atoms. The molecule has 1 aliphatic rings. The predicted octanol–water partition coefficient (Wildman–Crippen LogP) is 4.17. The fourth-order valence-electron chi connectivity index (χ4n) is 2.86. The second kappa shape index (κ2) is 5.31. The van der Waals surface area contributed by atoms with Crippen LogP contribution in [0.25, 0.3) is 0 Å². The van der Waals surface area contributed by atoms with Crippen LogP contribution in [0.5, 0.6) is 0 Å². The SMILES string of the molecule is CCC1(CC)CCN(c2cc(Cl)ccc2C=O)C1. The summed E-state index contributed by atoms with van der Waals surface area (Å²) in [5, 5.41) is 0.695. The molecule has 1 fully saturated rings. The minimum Gasteiger partial charge on any atom is -0.370 e. The molecule has 0 bridgehead atoms. The van der Waals surface area contributed by atoms with Gasteiger partial charge in [0.25, 0.3) is 0 Å². The van der Waals surface area contributed by atoms with Crippen LogP contribution < -0.4 is 4.90 Å². The van der Waals surface area contributed by atoms with E-state index in [0.717, 1.165) is 30.6 Å². The number of rotatable bonds is 4. The zero-order valence-corrected chi connectivity index (χ0v) is 11.8. The van der Waals surface area contributed by atoms with Gasteiger partial charge in [0.15, 0.2) is 6.29 Å². The van der Waals surface area contributed by atoms with E-state index in [1.54, 1.807) is 6.07 Å². The average Bonchev–Trinajstić information content (AvgIpc) is 2.83. The second-order valence-electron chi connectivity index (χ2n) is 5.20. The largest absolute Gasteiger partial charge is 0.370 e. The molecule has 1 aliphatic heterocycles. The lowest BCUT2D eigenvalue weighted by atomic mass is 9.82. The summed E-state index contributed by atoms with van der Waals surface area (Å²) in [4.78, 5) is 13.4. The van der Waals surface area contributed by atoms with Crippen molar-refractivity contribution in [2.75, 3.05) is 18.0 Å². The lowest BCUT2D eigenvalue weighted by Crippen LogP contribution is -2.26. The van der Waals surface area contributed by atoms with Crippen LogP contribution in [0.15, 0.2) is 18.2 Å². The summed E-state index contributed by atoms with van der Waals surface area (Å²) < 4.78 is 0. The quantitative estimate of drug-likeness (QED) is 0.762. The fraction of sp³-hybridized carbons (Fsp3) is 0.533. The van der Waals surface area contributed by atoms with Gasteiger partial charge in [0.05, 0.1) is 0 Å². The van der Waals surface area contributed by atoms with Crippen LogP contribution in [0.3, 0.4) is 0 Å². The zero-order chi connectivity index (χ0) is 13.2. The zero-order valence-electron chi connectivity index (χ0n) is 11.1. The van der Waals surface area contributed by atoms with Crippen LogP contribution in [0.4, 0.5) is 5.69 Å². The maximum absolute atomic E-state index is 11.1. The summed E-state index contributed by atoms with van der Waals surface area (Å²) >= 11 is 6.05. The van der Waals surface area contributed by atoms with E-state index in [2.05, 4.69) is 18.7 Å². The Morgan fingerprint density at radius 1 is 1.39 bits per heavy atom. The lowest BCUT2D eigenvalue weighted by molar-refractivity contribution is 0.112. The van der Waals surface area contributed by atoms with Crippen molar-refractivity contribution in [1.82, 2.24) is 0 Å². The van der Waals surface area contributed by atoms with Gasteiger partial charge in [0.1, 0.15) is 0 Å². The van der Waals surface area contributed by atoms with Gasteiger partial charge in [-0.05, 0) is 42.9 Å². The Hall–Kier alpha value is -1.02. The molecule has 3 heteroatoms. The lowest BCUT2D eigenvalue weighted by Gasteiger charge is -2.27. The first-order valence-corrected chi connectivity index (χ1v) is 7.01. The molecule has 0 aromatic heterocycles. The van der Waals surface area contributed by atoms with Crippen LogP contribution in [0.2, 0.25) is 5.02 Å². The summed E-state index contributed by atoms with van der Waals surface area (Å²) in [7, 11) is 0. The van der Waals surface area contributed by atoms with E-state index in [1.807, 2.05) is 12.1 Å². The van der Waals surface area contributed by atoms with Gasteiger partial charge in [-0.15, -0.1) is 0 Å². The van der Waals surface area contributed by atoms with Crippen molar-refractivity contribution < 1.29 is 4.79 Å². The third-order valence-electron chi connectivity index (χ3n) is 4.40.